The monoisotopic (exact) mass is 144 g/mol. The normalized spacial score (nSPS) is 16.9. The molecule has 2 nitrogen and oxygen atoms in total. The Morgan fingerprint density at radius 1 is 1.40 bits per heavy atom. The topological polar surface area (TPSA) is 40.5 Å². The second-order valence-electron chi connectivity index (χ2n) is 2.83. The van der Waals surface area contributed by atoms with Crippen molar-refractivity contribution in [3.05, 3.63) is 12.7 Å². The smallest absolute Gasteiger partial charge is 0.0835 e. The van der Waals surface area contributed by atoms with E-state index in [1.165, 1.54) is 0 Å². The molecular weight excluding hydrogens is 128 g/mol. The van der Waals surface area contributed by atoms with Gasteiger partial charge in [0.25, 0.3) is 0 Å². The van der Waals surface area contributed by atoms with E-state index in [1.807, 2.05) is 13.8 Å². The summed E-state index contributed by atoms with van der Waals surface area (Å²) in [6.45, 7) is 7.22. The predicted octanol–water partition coefficient (Wildman–Crippen LogP) is 0.940. The third kappa shape index (κ3) is 2.99. The second kappa shape index (κ2) is 4.47. The van der Waals surface area contributed by atoms with Crippen molar-refractivity contribution in [3.8, 4) is 0 Å². The van der Waals surface area contributed by atoms with Gasteiger partial charge in [0.15, 0.2) is 0 Å². The van der Waals surface area contributed by atoms with Crippen molar-refractivity contribution in [2.24, 2.45) is 5.92 Å². The van der Waals surface area contributed by atoms with Gasteiger partial charge in [-0.25, -0.2) is 0 Å². The third-order valence-electron chi connectivity index (χ3n) is 1.49. The van der Waals surface area contributed by atoms with Crippen LogP contribution in [0.25, 0.3) is 0 Å². The van der Waals surface area contributed by atoms with Crippen LogP contribution in [0.5, 0.6) is 0 Å². The minimum absolute atomic E-state index is 0.106. The molecule has 2 atom stereocenters. The van der Waals surface area contributed by atoms with E-state index in [9.17, 15) is 5.11 Å². The SMILES string of the molecule is C=CCC(O)C(O)C(C)C. The van der Waals surface area contributed by atoms with E-state index < -0.39 is 12.2 Å². The summed E-state index contributed by atoms with van der Waals surface area (Å²) in [6.07, 6.45) is 0.783. The first-order chi connectivity index (χ1) is 4.59. The van der Waals surface area contributed by atoms with E-state index in [1.54, 1.807) is 6.08 Å². The standard InChI is InChI=1S/C8H16O2/c1-4-5-7(9)8(10)6(2)3/h4,6-10H,1,5H2,2-3H3. The van der Waals surface area contributed by atoms with Crippen molar-refractivity contribution in [1.82, 2.24) is 0 Å². The summed E-state index contributed by atoms with van der Waals surface area (Å²) in [6, 6.07) is 0. The fourth-order valence-electron chi connectivity index (χ4n) is 0.754. The lowest BCUT2D eigenvalue weighted by Crippen LogP contribution is -2.30. The molecule has 0 saturated carbocycles. The summed E-state index contributed by atoms with van der Waals surface area (Å²) < 4.78 is 0. The van der Waals surface area contributed by atoms with Crippen LogP contribution < -0.4 is 0 Å². The Morgan fingerprint density at radius 3 is 2.20 bits per heavy atom. The second-order valence-corrected chi connectivity index (χ2v) is 2.83. The van der Waals surface area contributed by atoms with Crippen molar-refractivity contribution >= 4 is 0 Å². The number of rotatable bonds is 4. The molecule has 0 amide bonds. The highest BCUT2D eigenvalue weighted by atomic mass is 16.3. The Bertz CT molecular complexity index is 99.4. The predicted molar refractivity (Wildman–Crippen MR) is 41.7 cm³/mol. The van der Waals surface area contributed by atoms with Crippen LogP contribution in [-0.2, 0) is 0 Å². The molecule has 0 aliphatic rings. The van der Waals surface area contributed by atoms with Crippen molar-refractivity contribution < 1.29 is 10.2 Å². The average molecular weight is 144 g/mol. The number of hydrogen-bond acceptors (Lipinski definition) is 2. The van der Waals surface area contributed by atoms with Crippen LogP contribution in [0.4, 0.5) is 0 Å². The fraction of sp³-hybridized carbons (Fsp3) is 0.750. The molecular formula is C8H16O2. The molecule has 0 spiro atoms. The van der Waals surface area contributed by atoms with Gasteiger partial charge < -0.3 is 10.2 Å². The molecule has 10 heavy (non-hydrogen) atoms. The highest BCUT2D eigenvalue weighted by Crippen LogP contribution is 2.08. The Labute approximate surface area is 62.2 Å². The van der Waals surface area contributed by atoms with Crippen LogP contribution in [0.15, 0.2) is 12.7 Å². The van der Waals surface area contributed by atoms with Gasteiger partial charge in [0.1, 0.15) is 0 Å². The molecule has 0 fully saturated rings. The van der Waals surface area contributed by atoms with Crippen molar-refractivity contribution in [3.63, 3.8) is 0 Å². The summed E-state index contributed by atoms with van der Waals surface area (Å²) in [4.78, 5) is 0. The molecule has 2 unspecified atom stereocenters. The number of aliphatic hydroxyl groups is 2. The van der Waals surface area contributed by atoms with Crippen LogP contribution in [-0.4, -0.2) is 22.4 Å². The highest BCUT2D eigenvalue weighted by molar-refractivity contribution is 4.78. The van der Waals surface area contributed by atoms with E-state index >= 15 is 0 Å². The van der Waals surface area contributed by atoms with Gasteiger partial charge in [-0.1, -0.05) is 19.9 Å². The summed E-state index contributed by atoms with van der Waals surface area (Å²) in [5.41, 5.74) is 0. The maximum absolute atomic E-state index is 9.23. The van der Waals surface area contributed by atoms with E-state index in [2.05, 4.69) is 6.58 Å². The zero-order chi connectivity index (χ0) is 8.15. The lowest BCUT2D eigenvalue weighted by atomic mass is 10.00. The summed E-state index contributed by atoms with van der Waals surface area (Å²) >= 11 is 0. The lowest BCUT2D eigenvalue weighted by molar-refractivity contribution is -0.00586. The van der Waals surface area contributed by atoms with Crippen LogP contribution >= 0.6 is 0 Å². The molecule has 0 saturated heterocycles. The van der Waals surface area contributed by atoms with Gasteiger partial charge in [0, 0.05) is 0 Å². The molecule has 0 aliphatic heterocycles. The zero-order valence-corrected chi connectivity index (χ0v) is 6.62. The first kappa shape index (κ1) is 9.66. The number of aliphatic hydroxyl groups excluding tert-OH is 2. The molecule has 0 bridgehead atoms. The fourth-order valence-corrected chi connectivity index (χ4v) is 0.754. The van der Waals surface area contributed by atoms with Gasteiger partial charge in [-0.05, 0) is 12.3 Å². The van der Waals surface area contributed by atoms with Crippen molar-refractivity contribution in [2.45, 2.75) is 32.5 Å². The van der Waals surface area contributed by atoms with Gasteiger partial charge in [-0.15, -0.1) is 6.58 Å². The van der Waals surface area contributed by atoms with Gasteiger partial charge in [0.2, 0.25) is 0 Å². The molecule has 0 aromatic carbocycles. The molecule has 60 valence electrons. The Hall–Kier alpha value is -0.340. The van der Waals surface area contributed by atoms with Gasteiger partial charge >= 0.3 is 0 Å². The minimum atomic E-state index is -0.655. The summed E-state index contributed by atoms with van der Waals surface area (Å²) in [5.74, 6) is 0.106. The molecule has 0 aliphatic carbocycles. The maximum Gasteiger partial charge on any atom is 0.0835 e. The van der Waals surface area contributed by atoms with E-state index in [0.717, 1.165) is 0 Å². The summed E-state index contributed by atoms with van der Waals surface area (Å²) in [7, 11) is 0. The van der Waals surface area contributed by atoms with Crippen LogP contribution in [0.3, 0.4) is 0 Å². The van der Waals surface area contributed by atoms with Crippen LogP contribution in [0.2, 0.25) is 0 Å². The molecule has 0 heterocycles. The molecule has 2 N–H and O–H groups in total. The highest BCUT2D eigenvalue weighted by Gasteiger charge is 2.17. The molecule has 0 aromatic rings. The first-order valence-electron chi connectivity index (χ1n) is 3.56. The maximum atomic E-state index is 9.23. The number of hydrogen-bond donors (Lipinski definition) is 2. The van der Waals surface area contributed by atoms with E-state index in [4.69, 9.17) is 5.11 Å². The molecule has 0 radical (unpaired) electrons. The van der Waals surface area contributed by atoms with Crippen molar-refractivity contribution in [1.29, 1.82) is 0 Å². The minimum Gasteiger partial charge on any atom is -0.390 e. The van der Waals surface area contributed by atoms with Crippen LogP contribution in [0.1, 0.15) is 20.3 Å². The molecule has 0 rings (SSSR count). The Morgan fingerprint density at radius 2 is 1.90 bits per heavy atom. The third-order valence-corrected chi connectivity index (χ3v) is 1.49. The quantitative estimate of drug-likeness (QED) is 0.576. The van der Waals surface area contributed by atoms with E-state index in [0.29, 0.717) is 6.42 Å². The largest absolute Gasteiger partial charge is 0.390 e. The van der Waals surface area contributed by atoms with Crippen LogP contribution in [0, 0.1) is 5.92 Å². The molecule has 2 heteroatoms. The van der Waals surface area contributed by atoms with Crippen molar-refractivity contribution in [2.75, 3.05) is 0 Å². The molecule has 0 aromatic heterocycles. The Balaban J connectivity index is 3.68. The first-order valence-corrected chi connectivity index (χ1v) is 3.56. The Kier molecular flexibility index (Phi) is 4.32. The van der Waals surface area contributed by atoms with Gasteiger partial charge in [0.05, 0.1) is 12.2 Å². The van der Waals surface area contributed by atoms with Gasteiger partial charge in [-0.3, -0.25) is 0 Å². The van der Waals surface area contributed by atoms with E-state index in [-0.39, 0.29) is 5.92 Å². The average Bonchev–Trinajstić information content (AvgIpc) is 1.87. The summed E-state index contributed by atoms with van der Waals surface area (Å²) in [5, 5.41) is 18.4. The van der Waals surface area contributed by atoms with Gasteiger partial charge in [-0.2, -0.15) is 0 Å². The zero-order valence-electron chi connectivity index (χ0n) is 6.62. The lowest BCUT2D eigenvalue weighted by Gasteiger charge is -2.19.